The quantitative estimate of drug-likeness (QED) is 0.331. The van der Waals surface area contributed by atoms with Crippen molar-refractivity contribution in [1.29, 1.82) is 0 Å². The van der Waals surface area contributed by atoms with Gasteiger partial charge >= 0.3 is 0 Å². The summed E-state index contributed by atoms with van der Waals surface area (Å²) < 4.78 is 25.1. The molecule has 3 aromatic carbocycles. The van der Waals surface area contributed by atoms with Crippen LogP contribution in [0.2, 0.25) is 10.0 Å². The maximum Gasteiger partial charge on any atom is 0.179 e. The largest absolute Gasteiger partial charge is 0.505 e. The van der Waals surface area contributed by atoms with Crippen molar-refractivity contribution in [2.24, 2.45) is 0 Å². The monoisotopic (exact) mass is 486 g/mol. The van der Waals surface area contributed by atoms with Crippen molar-refractivity contribution in [3.63, 3.8) is 0 Å². The standard InChI is InChI=1S/C24H20Cl2N2O3S/c1-3-14-4-7-17(8-5-14)28-23-18-10-15(16-11-19(25)24(29)20(26)12-16)6-9-21(18)27-13-22(23)32(2,30)31/h4-13,29H,3H2,1-2H3,(H,27,28). The fourth-order valence-corrected chi connectivity index (χ4v) is 4.73. The molecule has 0 fully saturated rings. The first kappa shape index (κ1) is 22.4. The second kappa shape index (κ2) is 8.62. The van der Waals surface area contributed by atoms with Crippen LogP contribution >= 0.6 is 23.2 Å². The molecule has 0 unspecified atom stereocenters. The van der Waals surface area contributed by atoms with Gasteiger partial charge in [-0.15, -0.1) is 0 Å². The minimum atomic E-state index is -3.55. The number of anilines is 2. The van der Waals surface area contributed by atoms with Crippen LogP contribution in [0.1, 0.15) is 12.5 Å². The summed E-state index contributed by atoms with van der Waals surface area (Å²) in [5, 5.41) is 14.0. The highest BCUT2D eigenvalue weighted by molar-refractivity contribution is 7.90. The number of hydrogen-bond donors (Lipinski definition) is 2. The first-order valence-corrected chi connectivity index (χ1v) is 12.5. The topological polar surface area (TPSA) is 79.3 Å². The number of benzene rings is 3. The number of rotatable bonds is 5. The number of nitrogens with one attached hydrogen (secondary N) is 1. The SMILES string of the molecule is CCc1ccc(Nc2c(S(C)(=O)=O)cnc3ccc(-c4cc(Cl)c(O)c(Cl)c4)cc23)cc1. The normalized spacial score (nSPS) is 11.6. The molecule has 0 saturated heterocycles. The van der Waals surface area contributed by atoms with Gasteiger partial charge in [-0.05, 0) is 59.5 Å². The molecule has 0 amide bonds. The van der Waals surface area contributed by atoms with Crippen LogP contribution in [0.4, 0.5) is 11.4 Å². The Morgan fingerprint density at radius 1 is 0.969 bits per heavy atom. The molecule has 0 aliphatic rings. The molecule has 2 N–H and O–H groups in total. The van der Waals surface area contributed by atoms with Crippen molar-refractivity contribution < 1.29 is 13.5 Å². The van der Waals surface area contributed by atoms with E-state index in [4.69, 9.17) is 23.2 Å². The number of aromatic nitrogens is 1. The molecule has 0 aliphatic heterocycles. The molecular formula is C24H20Cl2N2O3S. The van der Waals surface area contributed by atoms with Crippen LogP contribution in [-0.2, 0) is 16.3 Å². The number of aromatic hydroxyl groups is 1. The van der Waals surface area contributed by atoms with Gasteiger partial charge in [-0.1, -0.05) is 48.3 Å². The number of phenolic OH excluding ortho intramolecular Hbond substituents is 1. The maximum atomic E-state index is 12.5. The third-order valence-corrected chi connectivity index (χ3v) is 6.90. The molecule has 5 nitrogen and oxygen atoms in total. The maximum absolute atomic E-state index is 12.5. The predicted octanol–water partition coefficient (Wildman–Crippen LogP) is 6.62. The van der Waals surface area contributed by atoms with E-state index in [2.05, 4.69) is 17.2 Å². The number of fused-ring (bicyclic) bond motifs is 1. The molecule has 4 aromatic rings. The summed E-state index contributed by atoms with van der Waals surface area (Å²) in [4.78, 5) is 4.45. The van der Waals surface area contributed by atoms with Crippen molar-refractivity contribution in [1.82, 2.24) is 4.98 Å². The average molecular weight is 487 g/mol. The molecule has 4 rings (SSSR count). The van der Waals surface area contributed by atoms with Gasteiger partial charge in [0.25, 0.3) is 0 Å². The lowest BCUT2D eigenvalue weighted by atomic mass is 10.0. The lowest BCUT2D eigenvalue weighted by Gasteiger charge is -2.15. The number of hydrogen-bond acceptors (Lipinski definition) is 5. The van der Waals surface area contributed by atoms with E-state index in [0.29, 0.717) is 22.2 Å². The van der Waals surface area contributed by atoms with Crippen LogP contribution in [0, 0.1) is 0 Å². The summed E-state index contributed by atoms with van der Waals surface area (Å²) in [5.41, 5.74) is 4.45. The molecule has 0 saturated carbocycles. The Bertz CT molecular complexity index is 1410. The van der Waals surface area contributed by atoms with Gasteiger partial charge in [-0.25, -0.2) is 8.42 Å². The summed E-state index contributed by atoms with van der Waals surface area (Å²) >= 11 is 12.2. The summed E-state index contributed by atoms with van der Waals surface area (Å²) in [6.07, 6.45) is 3.44. The van der Waals surface area contributed by atoms with E-state index >= 15 is 0 Å². The Morgan fingerprint density at radius 2 is 1.62 bits per heavy atom. The van der Waals surface area contributed by atoms with E-state index in [0.717, 1.165) is 23.9 Å². The second-order valence-electron chi connectivity index (χ2n) is 7.47. The van der Waals surface area contributed by atoms with Gasteiger partial charge in [0.05, 0.1) is 21.2 Å². The highest BCUT2D eigenvalue weighted by atomic mass is 35.5. The third kappa shape index (κ3) is 4.39. The highest BCUT2D eigenvalue weighted by Gasteiger charge is 2.19. The molecule has 164 valence electrons. The number of aryl methyl sites for hydroxylation is 1. The minimum Gasteiger partial charge on any atom is -0.505 e. The molecule has 0 aliphatic carbocycles. The second-order valence-corrected chi connectivity index (χ2v) is 10.3. The van der Waals surface area contributed by atoms with Gasteiger partial charge in [0.1, 0.15) is 4.90 Å². The minimum absolute atomic E-state index is 0.100. The van der Waals surface area contributed by atoms with Crippen LogP contribution in [0.3, 0.4) is 0 Å². The van der Waals surface area contributed by atoms with Gasteiger partial charge in [-0.3, -0.25) is 4.98 Å². The van der Waals surface area contributed by atoms with E-state index < -0.39 is 9.84 Å². The molecule has 0 atom stereocenters. The van der Waals surface area contributed by atoms with E-state index in [1.54, 1.807) is 18.2 Å². The fourth-order valence-electron chi connectivity index (χ4n) is 3.46. The Morgan fingerprint density at radius 3 is 2.22 bits per heavy atom. The molecule has 32 heavy (non-hydrogen) atoms. The lowest BCUT2D eigenvalue weighted by molar-refractivity contribution is 0.476. The number of pyridine rings is 1. The first-order valence-electron chi connectivity index (χ1n) is 9.84. The van der Waals surface area contributed by atoms with Gasteiger partial charge in [0.15, 0.2) is 15.6 Å². The van der Waals surface area contributed by atoms with Crippen molar-refractivity contribution in [3.8, 4) is 16.9 Å². The van der Waals surface area contributed by atoms with Crippen molar-refractivity contribution >= 4 is 55.3 Å². The van der Waals surface area contributed by atoms with E-state index in [1.807, 2.05) is 36.4 Å². The van der Waals surface area contributed by atoms with Crippen LogP contribution in [0.15, 0.2) is 65.7 Å². The van der Waals surface area contributed by atoms with Crippen molar-refractivity contribution in [2.45, 2.75) is 18.2 Å². The number of phenols is 1. The lowest BCUT2D eigenvalue weighted by Crippen LogP contribution is -2.05. The predicted molar refractivity (Wildman–Crippen MR) is 131 cm³/mol. The zero-order valence-corrected chi connectivity index (χ0v) is 19.7. The van der Waals surface area contributed by atoms with Crippen LogP contribution in [0.25, 0.3) is 22.0 Å². The Labute approximate surface area is 196 Å². The van der Waals surface area contributed by atoms with E-state index in [1.165, 1.54) is 11.8 Å². The summed E-state index contributed by atoms with van der Waals surface area (Å²) in [6.45, 7) is 2.07. The first-order chi connectivity index (χ1) is 15.2. The van der Waals surface area contributed by atoms with Crippen molar-refractivity contribution in [2.75, 3.05) is 11.6 Å². The van der Waals surface area contributed by atoms with Gasteiger partial charge < -0.3 is 10.4 Å². The number of halogens is 2. The fraction of sp³-hybridized carbons (Fsp3) is 0.125. The zero-order valence-electron chi connectivity index (χ0n) is 17.4. The molecule has 1 heterocycles. The molecule has 0 bridgehead atoms. The molecule has 8 heteroatoms. The Hall–Kier alpha value is -2.80. The summed E-state index contributed by atoms with van der Waals surface area (Å²) in [6, 6.07) is 16.5. The van der Waals surface area contributed by atoms with Gasteiger partial charge in [0, 0.05) is 23.5 Å². The Kier molecular flexibility index (Phi) is 6.03. The van der Waals surface area contributed by atoms with E-state index in [9.17, 15) is 13.5 Å². The summed E-state index contributed by atoms with van der Waals surface area (Å²) in [7, 11) is -3.55. The van der Waals surface area contributed by atoms with Crippen LogP contribution in [0.5, 0.6) is 5.75 Å². The number of sulfone groups is 1. The Balaban J connectivity index is 1.93. The number of nitrogens with zero attached hydrogens (tertiary/aromatic N) is 1. The van der Waals surface area contributed by atoms with Crippen LogP contribution in [-0.4, -0.2) is 24.8 Å². The van der Waals surface area contributed by atoms with Crippen LogP contribution < -0.4 is 5.32 Å². The smallest absolute Gasteiger partial charge is 0.179 e. The average Bonchev–Trinajstić information content (AvgIpc) is 2.76. The summed E-state index contributed by atoms with van der Waals surface area (Å²) in [5.74, 6) is -0.184. The van der Waals surface area contributed by atoms with Gasteiger partial charge in [-0.2, -0.15) is 0 Å². The van der Waals surface area contributed by atoms with Gasteiger partial charge in [0.2, 0.25) is 0 Å². The molecule has 1 aromatic heterocycles. The zero-order chi connectivity index (χ0) is 23.0. The third-order valence-electron chi connectivity index (χ3n) is 5.21. The van der Waals surface area contributed by atoms with E-state index in [-0.39, 0.29) is 20.7 Å². The highest BCUT2D eigenvalue weighted by Crippen LogP contribution is 2.39. The molecular weight excluding hydrogens is 467 g/mol. The molecule has 0 radical (unpaired) electrons. The van der Waals surface area contributed by atoms with Crippen molar-refractivity contribution in [3.05, 3.63) is 76.4 Å². The molecule has 0 spiro atoms.